The van der Waals surface area contributed by atoms with Gasteiger partial charge >= 0.3 is 0 Å². The average Bonchev–Trinajstić information content (AvgIpc) is 2.98. The number of nitrogens with one attached hydrogen (secondary N) is 1. The van der Waals surface area contributed by atoms with Crippen LogP contribution in [0.3, 0.4) is 0 Å². The topological polar surface area (TPSA) is 86.8 Å². The monoisotopic (exact) mass is 617 g/mol. The molecule has 0 saturated heterocycles. The molecule has 0 heterocycles. The third kappa shape index (κ3) is 8.24. The summed E-state index contributed by atoms with van der Waals surface area (Å²) in [4.78, 5) is 29.0. The molecule has 0 fully saturated rings. The molecule has 3 aromatic carbocycles. The first-order valence-electron chi connectivity index (χ1n) is 13.8. The Labute approximate surface area is 253 Å². The molecule has 0 spiro atoms. The van der Waals surface area contributed by atoms with Crippen molar-refractivity contribution in [1.82, 2.24) is 10.2 Å². The second-order valence-electron chi connectivity index (χ2n) is 9.65. The fraction of sp³-hybridized carbons (Fsp3) is 0.355. The average molecular weight is 619 g/mol. The Balaban J connectivity index is 2.07. The number of para-hydroxylation sites is 1. The Morgan fingerprint density at radius 2 is 1.59 bits per heavy atom. The summed E-state index contributed by atoms with van der Waals surface area (Å²) in [5.41, 5.74) is 1.86. The zero-order chi connectivity index (χ0) is 30.0. The van der Waals surface area contributed by atoms with Crippen LogP contribution in [0.2, 0.25) is 10.0 Å². The third-order valence-electron chi connectivity index (χ3n) is 6.80. The SMILES string of the molecule is CCCCNC(=O)[C@@H](CC)N(Cc1ccc(Cl)c(Cl)c1)C(=O)CN(c1ccccc1CC)S(=O)(=O)c1ccccc1. The largest absolute Gasteiger partial charge is 0.354 e. The number of benzene rings is 3. The molecular weight excluding hydrogens is 581 g/mol. The minimum Gasteiger partial charge on any atom is -0.354 e. The van der Waals surface area contributed by atoms with Gasteiger partial charge in [-0.05, 0) is 60.7 Å². The van der Waals surface area contributed by atoms with Crippen LogP contribution in [0, 0.1) is 0 Å². The molecule has 3 rings (SSSR count). The highest BCUT2D eigenvalue weighted by molar-refractivity contribution is 7.92. The Morgan fingerprint density at radius 1 is 0.902 bits per heavy atom. The molecule has 0 unspecified atom stereocenters. The number of amides is 2. The van der Waals surface area contributed by atoms with Crippen LogP contribution in [-0.2, 0) is 32.6 Å². The molecule has 0 bridgehead atoms. The van der Waals surface area contributed by atoms with E-state index >= 15 is 0 Å². The lowest BCUT2D eigenvalue weighted by Gasteiger charge is -2.33. The van der Waals surface area contributed by atoms with Crippen molar-refractivity contribution in [3.8, 4) is 0 Å². The summed E-state index contributed by atoms with van der Waals surface area (Å²) in [5, 5.41) is 3.61. The van der Waals surface area contributed by atoms with Crippen LogP contribution >= 0.6 is 23.2 Å². The first-order valence-corrected chi connectivity index (χ1v) is 16.0. The Hall–Kier alpha value is -3.07. The van der Waals surface area contributed by atoms with Gasteiger partial charge in [-0.25, -0.2) is 8.42 Å². The quantitative estimate of drug-likeness (QED) is 0.210. The van der Waals surface area contributed by atoms with Gasteiger partial charge < -0.3 is 10.2 Å². The number of rotatable bonds is 14. The molecule has 41 heavy (non-hydrogen) atoms. The van der Waals surface area contributed by atoms with Gasteiger partial charge in [0.2, 0.25) is 11.8 Å². The molecule has 3 aromatic rings. The van der Waals surface area contributed by atoms with Gasteiger partial charge in [-0.15, -0.1) is 0 Å². The number of hydrogen-bond donors (Lipinski definition) is 1. The van der Waals surface area contributed by atoms with Crippen molar-refractivity contribution < 1.29 is 18.0 Å². The normalized spacial score (nSPS) is 12.0. The molecule has 10 heteroatoms. The predicted octanol–water partition coefficient (Wildman–Crippen LogP) is 6.47. The van der Waals surface area contributed by atoms with Gasteiger partial charge in [-0.2, -0.15) is 0 Å². The standard InChI is InChI=1S/C31H37Cl2N3O4S/c1-4-7-19-34-31(38)28(6-3)35(21-23-17-18-26(32)27(33)20-23)30(37)22-36(29-16-12-11-13-24(29)5-2)41(39,40)25-14-9-8-10-15-25/h8-18,20,28H,4-7,19,21-22H2,1-3H3,(H,34,38)/t28-/m1/s1. The Kier molecular flexibility index (Phi) is 12.1. The van der Waals surface area contributed by atoms with E-state index in [0.29, 0.717) is 40.7 Å². The molecule has 1 N–H and O–H groups in total. The molecule has 1 atom stereocenters. The smallest absolute Gasteiger partial charge is 0.264 e. The van der Waals surface area contributed by atoms with Crippen LogP contribution < -0.4 is 9.62 Å². The van der Waals surface area contributed by atoms with Crippen LogP contribution in [0.1, 0.15) is 51.2 Å². The van der Waals surface area contributed by atoms with E-state index in [1.165, 1.54) is 17.0 Å². The summed E-state index contributed by atoms with van der Waals surface area (Å²) >= 11 is 12.4. The fourth-order valence-corrected chi connectivity index (χ4v) is 6.34. The number of carbonyl (C=O) groups is 2. The highest BCUT2D eigenvalue weighted by Crippen LogP contribution is 2.29. The second-order valence-corrected chi connectivity index (χ2v) is 12.3. The Bertz CT molecular complexity index is 1430. The number of hydrogen-bond acceptors (Lipinski definition) is 4. The van der Waals surface area contributed by atoms with Crippen molar-refractivity contribution in [1.29, 1.82) is 0 Å². The molecule has 0 aliphatic heterocycles. The van der Waals surface area contributed by atoms with Gasteiger partial charge in [0.15, 0.2) is 0 Å². The van der Waals surface area contributed by atoms with Gasteiger partial charge in [0.05, 0.1) is 20.6 Å². The number of sulfonamides is 1. The third-order valence-corrected chi connectivity index (χ3v) is 9.32. The maximum atomic E-state index is 14.2. The number of anilines is 1. The molecule has 0 aromatic heterocycles. The van der Waals surface area contributed by atoms with Gasteiger partial charge in [-0.3, -0.25) is 13.9 Å². The highest BCUT2D eigenvalue weighted by atomic mass is 35.5. The van der Waals surface area contributed by atoms with Crippen LogP contribution in [0.4, 0.5) is 5.69 Å². The van der Waals surface area contributed by atoms with Gasteiger partial charge in [0, 0.05) is 13.1 Å². The Morgan fingerprint density at radius 3 is 2.22 bits per heavy atom. The molecule has 7 nitrogen and oxygen atoms in total. The number of carbonyl (C=O) groups excluding carboxylic acids is 2. The second kappa shape index (κ2) is 15.2. The minimum atomic E-state index is -4.12. The van der Waals surface area contributed by atoms with Crippen LogP contribution in [0.15, 0.2) is 77.7 Å². The van der Waals surface area contributed by atoms with Gasteiger partial charge in [0.25, 0.3) is 10.0 Å². The highest BCUT2D eigenvalue weighted by Gasteiger charge is 2.34. The van der Waals surface area contributed by atoms with E-state index < -0.39 is 28.5 Å². The summed E-state index contributed by atoms with van der Waals surface area (Å²) in [6.07, 6.45) is 2.61. The van der Waals surface area contributed by atoms with E-state index in [9.17, 15) is 18.0 Å². The molecular formula is C31H37Cl2N3O4S. The molecule has 0 radical (unpaired) electrons. The van der Waals surface area contributed by atoms with Crippen LogP contribution in [0.5, 0.6) is 0 Å². The lowest BCUT2D eigenvalue weighted by molar-refractivity contribution is -0.140. The first kappa shape index (κ1) is 32.4. The zero-order valence-electron chi connectivity index (χ0n) is 23.6. The molecule has 0 aliphatic carbocycles. The fourth-order valence-electron chi connectivity index (χ4n) is 4.55. The van der Waals surface area contributed by atoms with Crippen molar-refractivity contribution in [2.45, 2.75) is 63.9 Å². The maximum Gasteiger partial charge on any atom is 0.264 e. The van der Waals surface area contributed by atoms with Gasteiger partial charge in [-0.1, -0.05) is 92.9 Å². The van der Waals surface area contributed by atoms with Crippen molar-refractivity contribution in [3.63, 3.8) is 0 Å². The summed E-state index contributed by atoms with van der Waals surface area (Å²) in [6, 6.07) is 19.3. The molecule has 2 amide bonds. The zero-order valence-corrected chi connectivity index (χ0v) is 26.0. The van der Waals surface area contributed by atoms with E-state index in [-0.39, 0.29) is 17.3 Å². The number of unbranched alkanes of at least 4 members (excludes halogenated alkanes) is 1. The number of aryl methyl sites for hydroxylation is 1. The van der Waals surface area contributed by atoms with Crippen molar-refractivity contribution in [2.24, 2.45) is 0 Å². The number of nitrogens with zero attached hydrogens (tertiary/aromatic N) is 2. The van der Waals surface area contributed by atoms with Crippen LogP contribution in [-0.4, -0.2) is 44.3 Å². The van der Waals surface area contributed by atoms with E-state index in [1.807, 2.05) is 32.9 Å². The summed E-state index contributed by atoms with van der Waals surface area (Å²) in [7, 11) is -4.12. The molecule has 220 valence electrons. The number of halogens is 2. The summed E-state index contributed by atoms with van der Waals surface area (Å²) in [5.74, 6) is -0.806. The maximum absolute atomic E-state index is 14.2. The van der Waals surface area contributed by atoms with E-state index in [0.717, 1.165) is 22.7 Å². The van der Waals surface area contributed by atoms with E-state index in [4.69, 9.17) is 23.2 Å². The predicted molar refractivity (Wildman–Crippen MR) is 166 cm³/mol. The van der Waals surface area contributed by atoms with Crippen molar-refractivity contribution >= 4 is 50.7 Å². The lowest BCUT2D eigenvalue weighted by Crippen LogP contribution is -2.52. The molecule has 0 saturated carbocycles. The van der Waals surface area contributed by atoms with E-state index in [2.05, 4.69) is 5.32 Å². The molecule has 0 aliphatic rings. The lowest BCUT2D eigenvalue weighted by atomic mass is 10.1. The first-order chi connectivity index (χ1) is 19.6. The van der Waals surface area contributed by atoms with Crippen molar-refractivity contribution in [3.05, 3.63) is 94.0 Å². The minimum absolute atomic E-state index is 0.0457. The summed E-state index contributed by atoms with van der Waals surface area (Å²) in [6.45, 7) is 5.82. The summed E-state index contributed by atoms with van der Waals surface area (Å²) < 4.78 is 29.1. The van der Waals surface area contributed by atoms with Gasteiger partial charge in [0.1, 0.15) is 12.6 Å². The van der Waals surface area contributed by atoms with Crippen molar-refractivity contribution in [2.75, 3.05) is 17.4 Å². The van der Waals surface area contributed by atoms with E-state index in [1.54, 1.807) is 48.5 Å². The van der Waals surface area contributed by atoms with Crippen LogP contribution in [0.25, 0.3) is 0 Å².